The van der Waals surface area contributed by atoms with Crippen LogP contribution in [-0.2, 0) is 6.61 Å². The Labute approximate surface area is 118 Å². The van der Waals surface area contributed by atoms with Gasteiger partial charge in [0.2, 0.25) is 0 Å². The van der Waals surface area contributed by atoms with Gasteiger partial charge in [0.05, 0.1) is 5.69 Å². The molecule has 5 heteroatoms. The van der Waals surface area contributed by atoms with E-state index in [0.29, 0.717) is 24.0 Å². The van der Waals surface area contributed by atoms with Gasteiger partial charge in [-0.3, -0.25) is 4.68 Å². The highest BCUT2D eigenvalue weighted by Gasteiger charge is 2.09. The Morgan fingerprint density at radius 3 is 2.60 bits per heavy atom. The molecule has 4 nitrogen and oxygen atoms in total. The molecular weight excluding hydrogens is 257 g/mol. The first-order valence-corrected chi connectivity index (χ1v) is 6.69. The molecule has 0 aliphatic rings. The molecule has 1 aromatic heterocycles. The highest BCUT2D eigenvalue weighted by molar-refractivity contribution is 5.30. The summed E-state index contributed by atoms with van der Waals surface area (Å²) < 4.78 is 21.2. The van der Waals surface area contributed by atoms with Gasteiger partial charge >= 0.3 is 0 Å². The highest BCUT2D eigenvalue weighted by atomic mass is 19.1. The summed E-state index contributed by atoms with van der Waals surface area (Å²) in [5.74, 6) is 0.135. The van der Waals surface area contributed by atoms with Crippen LogP contribution in [0.3, 0.4) is 0 Å². The molecule has 0 bridgehead atoms. The molecule has 1 aromatic carbocycles. The lowest BCUT2D eigenvalue weighted by Crippen LogP contribution is -2.07. The van der Waals surface area contributed by atoms with Gasteiger partial charge in [0, 0.05) is 29.9 Å². The van der Waals surface area contributed by atoms with Gasteiger partial charge in [0.1, 0.15) is 18.2 Å². The van der Waals surface area contributed by atoms with Crippen molar-refractivity contribution in [3.8, 4) is 5.75 Å². The number of hydrogen-bond donors (Lipinski definition) is 1. The van der Waals surface area contributed by atoms with Crippen LogP contribution >= 0.6 is 0 Å². The minimum Gasteiger partial charge on any atom is -0.487 e. The average Bonchev–Trinajstić information content (AvgIpc) is 2.85. The lowest BCUT2D eigenvalue weighted by molar-refractivity contribution is 0.297. The number of hydrogen-bond acceptors (Lipinski definition) is 3. The molecule has 0 radical (unpaired) electrons. The molecule has 0 saturated carbocycles. The minimum atomic E-state index is -0.342. The van der Waals surface area contributed by atoms with Gasteiger partial charge in [0.15, 0.2) is 0 Å². The molecule has 2 N–H and O–H groups in total. The summed E-state index contributed by atoms with van der Waals surface area (Å²) in [6.45, 7) is 6.17. The highest BCUT2D eigenvalue weighted by Crippen LogP contribution is 2.21. The third kappa shape index (κ3) is 3.36. The zero-order valence-electron chi connectivity index (χ0n) is 12.0. The zero-order valence-corrected chi connectivity index (χ0v) is 12.0. The minimum absolute atomic E-state index is 0.312. The number of benzene rings is 1. The summed E-state index contributed by atoms with van der Waals surface area (Å²) in [6.07, 6.45) is 1.91. The number of nitrogens with zero attached hydrogens (tertiary/aromatic N) is 2. The fraction of sp³-hybridized carbons (Fsp3) is 0.400. The van der Waals surface area contributed by atoms with Gasteiger partial charge in [-0.15, -0.1) is 0 Å². The lowest BCUT2D eigenvalue weighted by atomic mass is 10.1. The first kappa shape index (κ1) is 14.5. The molecule has 0 aliphatic carbocycles. The van der Waals surface area contributed by atoms with Gasteiger partial charge in [-0.2, -0.15) is 5.10 Å². The van der Waals surface area contributed by atoms with Crippen molar-refractivity contribution in [1.29, 1.82) is 0 Å². The third-order valence-corrected chi connectivity index (χ3v) is 3.04. The van der Waals surface area contributed by atoms with E-state index in [1.54, 1.807) is 19.1 Å². The maximum atomic E-state index is 13.8. The molecule has 0 spiro atoms. The van der Waals surface area contributed by atoms with Crippen molar-refractivity contribution in [3.63, 3.8) is 0 Å². The molecule has 0 aliphatic heterocycles. The number of halogens is 1. The Morgan fingerprint density at radius 1 is 1.30 bits per heavy atom. The van der Waals surface area contributed by atoms with E-state index in [1.165, 1.54) is 6.07 Å². The summed E-state index contributed by atoms with van der Waals surface area (Å²) in [4.78, 5) is 0. The smallest absolute Gasteiger partial charge is 0.132 e. The van der Waals surface area contributed by atoms with Crippen LogP contribution in [0.4, 0.5) is 4.39 Å². The number of aromatic nitrogens is 2. The van der Waals surface area contributed by atoms with Crippen LogP contribution in [-0.4, -0.2) is 9.78 Å². The Kier molecular flexibility index (Phi) is 4.39. The van der Waals surface area contributed by atoms with E-state index in [0.717, 1.165) is 5.69 Å². The normalized spacial score (nSPS) is 12.7. The van der Waals surface area contributed by atoms with Crippen molar-refractivity contribution < 1.29 is 9.13 Å². The standard InChI is InChI=1S/C15H20FN3O/c1-10(2)19-7-6-12(18-19)9-20-13-4-5-14(11(3)17)15(16)8-13/h4-8,10-11H,9,17H2,1-3H3. The molecule has 1 heterocycles. The average molecular weight is 277 g/mol. The van der Waals surface area contributed by atoms with Crippen molar-refractivity contribution in [2.45, 2.75) is 39.5 Å². The second-order valence-electron chi connectivity index (χ2n) is 5.14. The number of rotatable bonds is 5. The molecule has 0 fully saturated rings. The largest absolute Gasteiger partial charge is 0.487 e. The van der Waals surface area contributed by atoms with E-state index in [-0.39, 0.29) is 11.9 Å². The van der Waals surface area contributed by atoms with E-state index >= 15 is 0 Å². The van der Waals surface area contributed by atoms with E-state index < -0.39 is 0 Å². The molecule has 2 aromatic rings. The third-order valence-electron chi connectivity index (χ3n) is 3.04. The maximum absolute atomic E-state index is 13.8. The molecule has 1 atom stereocenters. The van der Waals surface area contributed by atoms with Crippen molar-refractivity contribution in [3.05, 3.63) is 47.5 Å². The zero-order chi connectivity index (χ0) is 14.7. The topological polar surface area (TPSA) is 53.1 Å². The van der Waals surface area contributed by atoms with Crippen LogP contribution < -0.4 is 10.5 Å². The number of ether oxygens (including phenoxy) is 1. The quantitative estimate of drug-likeness (QED) is 0.913. The molecule has 20 heavy (non-hydrogen) atoms. The molecular formula is C15H20FN3O. The number of nitrogens with two attached hydrogens (primary N) is 1. The summed E-state index contributed by atoms with van der Waals surface area (Å²) >= 11 is 0. The van der Waals surface area contributed by atoms with Gasteiger partial charge in [-0.25, -0.2) is 4.39 Å². The van der Waals surface area contributed by atoms with Crippen LogP contribution in [0.15, 0.2) is 30.5 Å². The Bertz CT molecular complexity index is 578. The van der Waals surface area contributed by atoms with Crippen molar-refractivity contribution in [2.24, 2.45) is 5.73 Å². The van der Waals surface area contributed by atoms with Gasteiger partial charge in [-0.1, -0.05) is 6.07 Å². The van der Waals surface area contributed by atoms with E-state index in [4.69, 9.17) is 10.5 Å². The molecule has 0 amide bonds. The Morgan fingerprint density at radius 2 is 2.05 bits per heavy atom. The van der Waals surface area contributed by atoms with Crippen molar-refractivity contribution >= 4 is 0 Å². The van der Waals surface area contributed by atoms with Crippen LogP contribution in [0.5, 0.6) is 5.75 Å². The van der Waals surface area contributed by atoms with Gasteiger partial charge in [-0.05, 0) is 32.9 Å². The van der Waals surface area contributed by atoms with Crippen molar-refractivity contribution in [2.75, 3.05) is 0 Å². The van der Waals surface area contributed by atoms with Crippen LogP contribution in [0.2, 0.25) is 0 Å². The second kappa shape index (κ2) is 6.05. The fourth-order valence-electron chi connectivity index (χ4n) is 1.87. The first-order chi connectivity index (χ1) is 9.47. The van der Waals surface area contributed by atoms with Crippen LogP contribution in [0, 0.1) is 5.82 Å². The van der Waals surface area contributed by atoms with E-state index in [2.05, 4.69) is 18.9 Å². The van der Waals surface area contributed by atoms with Crippen molar-refractivity contribution in [1.82, 2.24) is 9.78 Å². The monoisotopic (exact) mass is 277 g/mol. The SMILES string of the molecule is CC(N)c1ccc(OCc2ccn(C(C)C)n2)cc1F. The van der Waals surface area contributed by atoms with E-state index in [1.807, 2.05) is 16.9 Å². The summed E-state index contributed by atoms with van der Waals surface area (Å²) in [5.41, 5.74) is 6.97. The van der Waals surface area contributed by atoms with E-state index in [9.17, 15) is 4.39 Å². The maximum Gasteiger partial charge on any atom is 0.132 e. The Balaban J connectivity index is 2.01. The molecule has 1 unspecified atom stereocenters. The Hall–Kier alpha value is -1.88. The lowest BCUT2D eigenvalue weighted by Gasteiger charge is -2.10. The summed E-state index contributed by atoms with van der Waals surface area (Å²) in [7, 11) is 0. The predicted octanol–water partition coefficient (Wildman–Crippen LogP) is 3.20. The second-order valence-corrected chi connectivity index (χ2v) is 5.14. The summed E-state index contributed by atoms with van der Waals surface area (Å²) in [6, 6.07) is 6.62. The molecule has 0 saturated heterocycles. The summed E-state index contributed by atoms with van der Waals surface area (Å²) in [5, 5.41) is 4.37. The van der Waals surface area contributed by atoms with Gasteiger partial charge in [0.25, 0.3) is 0 Å². The molecule has 2 rings (SSSR count). The van der Waals surface area contributed by atoms with Gasteiger partial charge < -0.3 is 10.5 Å². The van der Waals surface area contributed by atoms with Crippen LogP contribution in [0.1, 0.15) is 44.1 Å². The predicted molar refractivity (Wildman–Crippen MR) is 75.9 cm³/mol. The first-order valence-electron chi connectivity index (χ1n) is 6.69. The molecule has 108 valence electrons. The van der Waals surface area contributed by atoms with Crippen LogP contribution in [0.25, 0.3) is 0 Å². The fourth-order valence-corrected chi connectivity index (χ4v) is 1.87.